The molecule has 0 heterocycles. The van der Waals surface area contributed by atoms with Crippen molar-refractivity contribution < 1.29 is 14.7 Å². The Morgan fingerprint density at radius 1 is 1.29 bits per heavy atom. The summed E-state index contributed by atoms with van der Waals surface area (Å²) >= 11 is 0. The van der Waals surface area contributed by atoms with Crippen molar-refractivity contribution in [2.24, 2.45) is 5.92 Å². The molecule has 0 saturated heterocycles. The molecule has 0 fully saturated rings. The number of carboxylic acid groups (broad SMARTS) is 1. The number of hydrogen-bond acceptors (Lipinski definition) is 2. The Labute approximate surface area is 126 Å². The third-order valence-electron chi connectivity index (χ3n) is 3.05. The van der Waals surface area contributed by atoms with Gasteiger partial charge in [0.2, 0.25) is 5.91 Å². The molecule has 4 heteroatoms. The van der Waals surface area contributed by atoms with E-state index in [1.807, 2.05) is 45.9 Å². The van der Waals surface area contributed by atoms with Crippen LogP contribution < -0.4 is 0 Å². The molecule has 0 bridgehead atoms. The summed E-state index contributed by atoms with van der Waals surface area (Å²) in [5, 5.41) is 8.89. The van der Waals surface area contributed by atoms with Gasteiger partial charge in [0.05, 0.1) is 0 Å². The first-order valence-corrected chi connectivity index (χ1v) is 7.05. The largest absolute Gasteiger partial charge is 0.480 e. The number of benzene rings is 1. The fourth-order valence-electron chi connectivity index (χ4n) is 2.12. The van der Waals surface area contributed by atoms with Gasteiger partial charge in [0, 0.05) is 12.6 Å². The molecule has 114 valence electrons. The van der Waals surface area contributed by atoms with Crippen LogP contribution in [-0.2, 0) is 9.59 Å². The molecule has 1 N–H and O–H groups in total. The molecule has 0 radical (unpaired) electrons. The molecule has 0 spiro atoms. The molecule has 1 aromatic carbocycles. The predicted octanol–water partition coefficient (Wildman–Crippen LogP) is 2.89. The maximum Gasteiger partial charge on any atom is 0.323 e. The zero-order valence-electron chi connectivity index (χ0n) is 13.1. The Morgan fingerprint density at radius 3 is 2.48 bits per heavy atom. The summed E-state index contributed by atoms with van der Waals surface area (Å²) in [6, 6.07) is 5.99. The highest BCUT2D eigenvalue weighted by molar-refractivity contribution is 5.93. The fourth-order valence-corrected chi connectivity index (χ4v) is 2.12. The molecular formula is C17H23NO3. The van der Waals surface area contributed by atoms with E-state index in [1.165, 1.54) is 16.5 Å². The summed E-state index contributed by atoms with van der Waals surface area (Å²) in [5.74, 6) is -1.04. The topological polar surface area (TPSA) is 57.6 Å². The number of hydrogen-bond donors (Lipinski definition) is 1. The van der Waals surface area contributed by atoms with Crippen molar-refractivity contribution in [1.82, 2.24) is 4.90 Å². The van der Waals surface area contributed by atoms with Gasteiger partial charge in [-0.1, -0.05) is 37.6 Å². The van der Waals surface area contributed by atoms with E-state index in [1.54, 1.807) is 6.08 Å². The second-order valence-electron chi connectivity index (χ2n) is 5.70. The molecule has 0 aliphatic carbocycles. The first kappa shape index (κ1) is 17.0. The molecule has 4 nitrogen and oxygen atoms in total. The molecule has 21 heavy (non-hydrogen) atoms. The second-order valence-corrected chi connectivity index (χ2v) is 5.70. The summed E-state index contributed by atoms with van der Waals surface area (Å²) in [5.41, 5.74) is 3.23. The summed E-state index contributed by atoms with van der Waals surface area (Å²) in [7, 11) is 0. The van der Waals surface area contributed by atoms with E-state index < -0.39 is 5.97 Å². The summed E-state index contributed by atoms with van der Waals surface area (Å²) < 4.78 is 0. The molecular weight excluding hydrogens is 266 g/mol. The summed E-state index contributed by atoms with van der Waals surface area (Å²) in [4.78, 5) is 24.3. The highest BCUT2D eigenvalue weighted by Gasteiger charge is 2.15. The van der Waals surface area contributed by atoms with Gasteiger partial charge in [0.25, 0.3) is 0 Å². The van der Waals surface area contributed by atoms with Crippen LogP contribution in [0.5, 0.6) is 0 Å². The summed E-state index contributed by atoms with van der Waals surface area (Å²) in [6.45, 7) is 8.08. The smallest absolute Gasteiger partial charge is 0.323 e. The van der Waals surface area contributed by atoms with Gasteiger partial charge in [0.1, 0.15) is 6.54 Å². The van der Waals surface area contributed by atoms with Gasteiger partial charge in [-0.25, -0.2) is 0 Å². The first-order chi connectivity index (χ1) is 9.79. The lowest BCUT2D eigenvalue weighted by Crippen LogP contribution is -2.37. The highest BCUT2D eigenvalue weighted by Crippen LogP contribution is 2.12. The standard InChI is InChI=1S/C17H23NO3/c1-12(2)10-18(11-17(20)21)16(19)8-7-15-6-5-13(3)9-14(15)4/h5-9,12H,10-11H2,1-4H3,(H,20,21). The SMILES string of the molecule is Cc1ccc(C=CC(=O)N(CC(=O)O)CC(C)C)c(C)c1. The van der Waals surface area contributed by atoms with Crippen LogP contribution in [0.1, 0.15) is 30.5 Å². The van der Waals surface area contributed by atoms with Gasteiger partial charge in [-0.05, 0) is 37.0 Å². The third kappa shape index (κ3) is 5.81. The molecule has 1 amide bonds. The van der Waals surface area contributed by atoms with Crippen LogP contribution in [-0.4, -0.2) is 35.0 Å². The van der Waals surface area contributed by atoms with Crippen LogP contribution in [0.2, 0.25) is 0 Å². The molecule has 0 saturated carbocycles. The number of aryl methyl sites for hydroxylation is 2. The van der Waals surface area contributed by atoms with E-state index in [2.05, 4.69) is 0 Å². The quantitative estimate of drug-likeness (QED) is 0.819. The molecule has 0 aliphatic rings. The number of amides is 1. The van der Waals surface area contributed by atoms with Crippen molar-refractivity contribution in [1.29, 1.82) is 0 Å². The van der Waals surface area contributed by atoms with Gasteiger partial charge in [0.15, 0.2) is 0 Å². The van der Waals surface area contributed by atoms with Gasteiger partial charge < -0.3 is 10.0 Å². The molecule has 1 rings (SSSR count). The van der Waals surface area contributed by atoms with Crippen LogP contribution in [0.4, 0.5) is 0 Å². The number of rotatable bonds is 6. The number of carboxylic acids is 1. The molecule has 0 aliphatic heterocycles. The molecule has 0 atom stereocenters. The Hall–Kier alpha value is -2.10. The van der Waals surface area contributed by atoms with Crippen molar-refractivity contribution in [3.63, 3.8) is 0 Å². The molecule has 0 aromatic heterocycles. The number of aliphatic carboxylic acids is 1. The minimum Gasteiger partial charge on any atom is -0.480 e. The Balaban J connectivity index is 2.84. The van der Waals surface area contributed by atoms with E-state index in [4.69, 9.17) is 5.11 Å². The van der Waals surface area contributed by atoms with Crippen LogP contribution in [0.15, 0.2) is 24.3 Å². The van der Waals surface area contributed by atoms with Crippen molar-refractivity contribution >= 4 is 18.0 Å². The van der Waals surface area contributed by atoms with Crippen LogP contribution in [0.25, 0.3) is 6.08 Å². The highest BCUT2D eigenvalue weighted by atomic mass is 16.4. The maximum atomic E-state index is 12.1. The normalized spacial score (nSPS) is 11.1. The average Bonchev–Trinajstić information content (AvgIpc) is 2.35. The van der Waals surface area contributed by atoms with Crippen molar-refractivity contribution in [3.05, 3.63) is 41.0 Å². The minimum atomic E-state index is -0.996. The number of nitrogens with zero attached hydrogens (tertiary/aromatic N) is 1. The zero-order valence-corrected chi connectivity index (χ0v) is 13.1. The Kier molecular flexibility index (Phi) is 6.15. The van der Waals surface area contributed by atoms with E-state index in [-0.39, 0.29) is 18.4 Å². The van der Waals surface area contributed by atoms with E-state index >= 15 is 0 Å². The number of carbonyl (C=O) groups excluding carboxylic acids is 1. The Bertz CT molecular complexity index is 547. The van der Waals surface area contributed by atoms with Gasteiger partial charge >= 0.3 is 5.97 Å². The lowest BCUT2D eigenvalue weighted by molar-refractivity contribution is -0.143. The molecule has 1 aromatic rings. The van der Waals surface area contributed by atoms with Crippen LogP contribution in [0, 0.1) is 19.8 Å². The van der Waals surface area contributed by atoms with Crippen LogP contribution in [0.3, 0.4) is 0 Å². The average molecular weight is 289 g/mol. The van der Waals surface area contributed by atoms with Crippen molar-refractivity contribution in [3.8, 4) is 0 Å². The minimum absolute atomic E-state index is 0.225. The van der Waals surface area contributed by atoms with E-state index in [0.717, 1.165) is 11.1 Å². The summed E-state index contributed by atoms with van der Waals surface area (Å²) in [6.07, 6.45) is 3.19. The molecule has 0 unspecified atom stereocenters. The van der Waals surface area contributed by atoms with Crippen LogP contribution >= 0.6 is 0 Å². The van der Waals surface area contributed by atoms with E-state index in [9.17, 15) is 9.59 Å². The monoisotopic (exact) mass is 289 g/mol. The zero-order chi connectivity index (χ0) is 16.0. The lowest BCUT2D eigenvalue weighted by atomic mass is 10.1. The Morgan fingerprint density at radius 2 is 1.95 bits per heavy atom. The maximum absolute atomic E-state index is 12.1. The second kappa shape index (κ2) is 7.62. The van der Waals surface area contributed by atoms with Gasteiger partial charge in [-0.15, -0.1) is 0 Å². The van der Waals surface area contributed by atoms with E-state index in [0.29, 0.717) is 6.54 Å². The fraction of sp³-hybridized carbons (Fsp3) is 0.412. The van der Waals surface area contributed by atoms with Crippen molar-refractivity contribution in [2.45, 2.75) is 27.7 Å². The lowest BCUT2D eigenvalue weighted by Gasteiger charge is -2.21. The van der Waals surface area contributed by atoms with Crippen molar-refractivity contribution in [2.75, 3.05) is 13.1 Å². The first-order valence-electron chi connectivity index (χ1n) is 7.05. The predicted molar refractivity (Wildman–Crippen MR) is 84.0 cm³/mol. The number of carbonyl (C=O) groups is 2. The van der Waals surface area contributed by atoms with Gasteiger partial charge in [-0.3, -0.25) is 9.59 Å². The third-order valence-corrected chi connectivity index (χ3v) is 3.05. The van der Waals surface area contributed by atoms with Gasteiger partial charge in [-0.2, -0.15) is 0 Å².